The molecule has 0 radical (unpaired) electrons. The molecule has 12 heteroatoms. The lowest BCUT2D eigenvalue weighted by Crippen LogP contribution is -2.57. The van der Waals surface area contributed by atoms with Gasteiger partial charge in [0.1, 0.15) is 0 Å². The van der Waals surface area contributed by atoms with Crippen LogP contribution in [-0.2, 0) is 27.5 Å². The maximum absolute atomic E-state index is 14.3. The SMILES string of the molecule is Cc1c(C(=O)N2CC(C(C)(C)C(=O)O)C2)cc(-c2ccc(S(=O)(=O)NC(C)(C)C)c(C(F)(F)F)c2)n1CC1CCCCC1. The first kappa shape index (κ1) is 33.0. The van der Waals surface area contributed by atoms with Crippen molar-refractivity contribution in [2.45, 2.75) is 96.8 Å². The van der Waals surface area contributed by atoms with Crippen LogP contribution in [0.1, 0.15) is 88.3 Å². The van der Waals surface area contributed by atoms with E-state index in [1.165, 1.54) is 6.07 Å². The summed E-state index contributed by atoms with van der Waals surface area (Å²) in [4.78, 5) is 26.0. The molecule has 238 valence electrons. The van der Waals surface area contributed by atoms with Crippen LogP contribution in [0.4, 0.5) is 13.2 Å². The van der Waals surface area contributed by atoms with Crippen molar-refractivity contribution in [3.8, 4) is 11.3 Å². The highest BCUT2D eigenvalue weighted by Crippen LogP contribution is 2.40. The number of likely N-dealkylation sites (tertiary alicyclic amines) is 1. The number of nitrogens with zero attached hydrogens (tertiary/aromatic N) is 2. The van der Waals surface area contributed by atoms with E-state index in [0.717, 1.165) is 44.2 Å². The minimum absolute atomic E-state index is 0.161. The molecule has 4 rings (SSSR count). The Morgan fingerprint density at radius 2 is 1.60 bits per heavy atom. The lowest BCUT2D eigenvalue weighted by molar-refractivity contribution is -0.153. The molecule has 2 fully saturated rings. The van der Waals surface area contributed by atoms with Gasteiger partial charge in [0.2, 0.25) is 10.0 Å². The number of nitrogens with one attached hydrogen (secondary N) is 1. The summed E-state index contributed by atoms with van der Waals surface area (Å²) in [6.45, 7) is 10.7. The van der Waals surface area contributed by atoms with E-state index in [1.54, 1.807) is 52.5 Å². The number of benzene rings is 1. The van der Waals surface area contributed by atoms with Crippen LogP contribution in [-0.4, -0.2) is 53.5 Å². The Morgan fingerprint density at radius 3 is 2.14 bits per heavy atom. The molecule has 8 nitrogen and oxygen atoms in total. The average Bonchev–Trinajstić information content (AvgIpc) is 3.17. The minimum atomic E-state index is -4.95. The van der Waals surface area contributed by atoms with E-state index in [2.05, 4.69) is 4.72 Å². The smallest absolute Gasteiger partial charge is 0.417 e. The third-order valence-corrected chi connectivity index (χ3v) is 10.6. The molecule has 1 aromatic carbocycles. The summed E-state index contributed by atoms with van der Waals surface area (Å²) >= 11 is 0. The van der Waals surface area contributed by atoms with Crippen LogP contribution in [0.25, 0.3) is 11.3 Å². The fraction of sp³-hybridized carbons (Fsp3) is 0.613. The lowest BCUT2D eigenvalue weighted by Gasteiger charge is -2.45. The van der Waals surface area contributed by atoms with Gasteiger partial charge in [-0.1, -0.05) is 25.3 Å². The minimum Gasteiger partial charge on any atom is -0.481 e. The number of carbonyl (C=O) groups excluding carboxylic acids is 1. The highest BCUT2D eigenvalue weighted by Gasteiger charge is 2.46. The molecule has 0 bridgehead atoms. The van der Waals surface area contributed by atoms with Gasteiger partial charge in [0.05, 0.1) is 21.4 Å². The fourth-order valence-corrected chi connectivity index (χ4v) is 7.64. The van der Waals surface area contributed by atoms with Gasteiger partial charge in [-0.25, -0.2) is 13.1 Å². The highest BCUT2D eigenvalue weighted by molar-refractivity contribution is 7.89. The van der Waals surface area contributed by atoms with Gasteiger partial charge in [-0.2, -0.15) is 13.2 Å². The average molecular weight is 626 g/mol. The van der Waals surface area contributed by atoms with Gasteiger partial charge in [0.15, 0.2) is 0 Å². The summed E-state index contributed by atoms with van der Waals surface area (Å²) in [5.41, 5.74) is -1.73. The molecule has 0 unspecified atom stereocenters. The van der Waals surface area contributed by atoms with Gasteiger partial charge in [-0.05, 0) is 84.1 Å². The monoisotopic (exact) mass is 625 g/mol. The van der Waals surface area contributed by atoms with Crippen LogP contribution in [0, 0.1) is 24.2 Å². The lowest BCUT2D eigenvalue weighted by atomic mass is 9.74. The number of aliphatic carboxylic acids is 1. The summed E-state index contributed by atoms with van der Waals surface area (Å²) in [7, 11) is -4.49. The fourth-order valence-electron chi connectivity index (χ4n) is 6.01. The van der Waals surface area contributed by atoms with Crippen LogP contribution in [0.2, 0.25) is 0 Å². The van der Waals surface area contributed by atoms with E-state index >= 15 is 0 Å². The molecule has 1 saturated carbocycles. The van der Waals surface area contributed by atoms with Crippen molar-refractivity contribution >= 4 is 21.9 Å². The first-order valence-corrected chi connectivity index (χ1v) is 16.2. The number of aromatic nitrogens is 1. The van der Waals surface area contributed by atoms with E-state index in [-0.39, 0.29) is 30.5 Å². The summed E-state index contributed by atoms with van der Waals surface area (Å²) in [5.74, 6) is -1.17. The van der Waals surface area contributed by atoms with E-state index in [1.807, 2.05) is 4.57 Å². The molecule has 1 saturated heterocycles. The number of alkyl halides is 3. The van der Waals surface area contributed by atoms with Crippen molar-refractivity contribution in [2.24, 2.45) is 17.3 Å². The first-order valence-electron chi connectivity index (χ1n) is 14.7. The third-order valence-electron chi connectivity index (χ3n) is 8.81. The summed E-state index contributed by atoms with van der Waals surface area (Å²) < 4.78 is 73.2. The molecule has 43 heavy (non-hydrogen) atoms. The summed E-state index contributed by atoms with van der Waals surface area (Å²) in [6, 6.07) is 4.79. The van der Waals surface area contributed by atoms with Crippen LogP contribution in [0.3, 0.4) is 0 Å². The number of amides is 1. The topological polar surface area (TPSA) is 109 Å². The van der Waals surface area contributed by atoms with Crippen molar-refractivity contribution in [3.63, 3.8) is 0 Å². The zero-order chi connectivity index (χ0) is 32.1. The molecular formula is C31H42F3N3O5S. The van der Waals surface area contributed by atoms with Crippen molar-refractivity contribution < 1.29 is 36.3 Å². The molecule has 2 N–H and O–H groups in total. The normalized spacial score (nSPS) is 17.7. The Kier molecular flexibility index (Phi) is 8.89. The number of hydrogen-bond acceptors (Lipinski definition) is 4. The van der Waals surface area contributed by atoms with Crippen molar-refractivity contribution in [1.29, 1.82) is 0 Å². The molecule has 1 aliphatic carbocycles. The van der Waals surface area contributed by atoms with E-state index < -0.39 is 43.6 Å². The van der Waals surface area contributed by atoms with Gasteiger partial charge in [0, 0.05) is 42.5 Å². The Balaban J connectivity index is 1.77. The van der Waals surface area contributed by atoms with E-state index in [4.69, 9.17) is 0 Å². The zero-order valence-electron chi connectivity index (χ0n) is 25.6. The maximum atomic E-state index is 14.3. The second-order valence-electron chi connectivity index (χ2n) is 13.6. The van der Waals surface area contributed by atoms with Gasteiger partial charge >= 0.3 is 12.1 Å². The molecule has 0 atom stereocenters. The molecular weight excluding hydrogens is 583 g/mol. The maximum Gasteiger partial charge on any atom is 0.417 e. The van der Waals surface area contributed by atoms with Crippen LogP contribution in [0.15, 0.2) is 29.2 Å². The Labute approximate surface area is 251 Å². The van der Waals surface area contributed by atoms with Crippen LogP contribution >= 0.6 is 0 Å². The number of sulfonamides is 1. The van der Waals surface area contributed by atoms with E-state index in [9.17, 15) is 36.3 Å². The Hall–Kier alpha value is -2.86. The summed E-state index contributed by atoms with van der Waals surface area (Å²) in [5, 5.41) is 9.56. The number of carbonyl (C=O) groups is 2. The van der Waals surface area contributed by atoms with Gasteiger partial charge in [-0.15, -0.1) is 0 Å². The van der Waals surface area contributed by atoms with Crippen molar-refractivity contribution in [1.82, 2.24) is 14.2 Å². The molecule has 0 spiro atoms. The Bertz CT molecular complexity index is 1490. The van der Waals surface area contributed by atoms with Crippen LogP contribution in [0.5, 0.6) is 0 Å². The highest BCUT2D eigenvalue weighted by atomic mass is 32.2. The second kappa shape index (κ2) is 11.6. The molecule has 1 aromatic heterocycles. The molecule has 2 aromatic rings. The largest absolute Gasteiger partial charge is 0.481 e. The van der Waals surface area contributed by atoms with Gasteiger partial charge in [-0.3, -0.25) is 9.59 Å². The molecule has 1 amide bonds. The third kappa shape index (κ3) is 6.95. The second-order valence-corrected chi connectivity index (χ2v) is 15.3. The quantitative estimate of drug-likeness (QED) is 0.357. The van der Waals surface area contributed by atoms with Crippen molar-refractivity contribution in [2.75, 3.05) is 13.1 Å². The number of carboxylic acids is 1. The first-order chi connectivity index (χ1) is 19.7. The van der Waals surface area contributed by atoms with Crippen LogP contribution < -0.4 is 4.72 Å². The Morgan fingerprint density at radius 1 is 1.00 bits per heavy atom. The van der Waals surface area contributed by atoms with Gasteiger partial charge in [0.25, 0.3) is 5.91 Å². The number of hydrogen-bond donors (Lipinski definition) is 2. The predicted octanol–water partition coefficient (Wildman–Crippen LogP) is 6.32. The van der Waals surface area contributed by atoms with Gasteiger partial charge < -0.3 is 14.6 Å². The summed E-state index contributed by atoms with van der Waals surface area (Å²) in [6.07, 6.45) is 0.256. The number of rotatable bonds is 8. The van der Waals surface area contributed by atoms with E-state index in [0.29, 0.717) is 29.4 Å². The molecule has 2 aliphatic rings. The van der Waals surface area contributed by atoms with Crippen molar-refractivity contribution in [3.05, 3.63) is 41.1 Å². The molecule has 1 aliphatic heterocycles. The predicted molar refractivity (Wildman–Crippen MR) is 157 cm³/mol. The zero-order valence-corrected chi connectivity index (χ0v) is 26.5. The molecule has 2 heterocycles. The standard InChI is InChI=1S/C31H42F3N3O5S/c1-19-23(27(38)36-17-22(18-36)30(5,6)28(39)40)15-25(37(19)16-20-10-8-7-9-11-20)21-12-13-26(24(14-21)31(32,33)34)43(41,42)35-29(2,3)4/h12-15,20,22,35H,7-11,16-18H2,1-6H3,(H,39,40). The number of carboxylic acid groups (broad SMARTS) is 1. The number of halogens is 3.